The van der Waals surface area contributed by atoms with Crippen molar-refractivity contribution in [3.8, 4) is 11.5 Å². The van der Waals surface area contributed by atoms with Crippen molar-refractivity contribution in [3.63, 3.8) is 0 Å². The third-order valence-corrected chi connectivity index (χ3v) is 8.55. The summed E-state index contributed by atoms with van der Waals surface area (Å²) in [7, 11) is 3.26. The molecule has 0 bridgehead atoms. The maximum atomic E-state index is 12.8. The van der Waals surface area contributed by atoms with Gasteiger partial charge in [0.15, 0.2) is 11.5 Å². The fraction of sp³-hybridized carbons (Fsp3) is 0.458. The number of thioether (sulfide) groups is 1. The molecule has 3 aromatic rings. The highest BCUT2D eigenvalue weighted by Crippen LogP contribution is 2.35. The molecule has 2 aliphatic rings. The van der Waals surface area contributed by atoms with Crippen LogP contribution in [-0.2, 0) is 36.4 Å². The SMILES string of the molecule is COc1cc2c(cc1OC)CN(C(=O)CCSCc1nc3sc4c(c3c(=O)[nH]1)CCC4)CC2. The van der Waals surface area contributed by atoms with Crippen molar-refractivity contribution in [2.24, 2.45) is 0 Å². The van der Waals surface area contributed by atoms with Crippen LogP contribution in [0.3, 0.4) is 0 Å². The average Bonchev–Trinajstić information content (AvgIpc) is 3.41. The molecule has 0 fully saturated rings. The topological polar surface area (TPSA) is 84.5 Å². The highest BCUT2D eigenvalue weighted by molar-refractivity contribution is 7.98. The second-order valence-corrected chi connectivity index (χ2v) is 10.6. The van der Waals surface area contributed by atoms with E-state index < -0.39 is 0 Å². The number of amides is 1. The zero-order valence-corrected chi connectivity index (χ0v) is 20.5. The van der Waals surface area contributed by atoms with E-state index in [0.29, 0.717) is 42.6 Å². The van der Waals surface area contributed by atoms with Crippen molar-refractivity contribution in [2.75, 3.05) is 26.5 Å². The number of thiophene rings is 1. The molecule has 2 aromatic heterocycles. The number of hydrogen-bond acceptors (Lipinski definition) is 7. The molecule has 0 unspecified atom stereocenters. The molecule has 7 nitrogen and oxygen atoms in total. The van der Waals surface area contributed by atoms with Crippen molar-refractivity contribution in [3.05, 3.63) is 49.9 Å². The molecule has 0 atom stereocenters. The van der Waals surface area contributed by atoms with E-state index in [2.05, 4.69) is 9.97 Å². The normalized spacial score (nSPS) is 14.9. The Morgan fingerprint density at radius 3 is 2.76 bits per heavy atom. The number of methoxy groups -OCH3 is 2. The van der Waals surface area contributed by atoms with Crippen molar-refractivity contribution >= 4 is 39.2 Å². The monoisotopic (exact) mass is 485 g/mol. The molecule has 1 aliphatic carbocycles. The summed E-state index contributed by atoms with van der Waals surface area (Å²) >= 11 is 3.29. The molecule has 1 N–H and O–H groups in total. The van der Waals surface area contributed by atoms with E-state index in [1.54, 1.807) is 37.3 Å². The van der Waals surface area contributed by atoms with Crippen LogP contribution in [0.1, 0.15) is 40.2 Å². The summed E-state index contributed by atoms with van der Waals surface area (Å²) in [6.07, 6.45) is 4.45. The van der Waals surface area contributed by atoms with E-state index in [1.807, 2.05) is 17.0 Å². The number of aromatic amines is 1. The van der Waals surface area contributed by atoms with Crippen molar-refractivity contribution in [2.45, 2.75) is 44.4 Å². The molecule has 0 radical (unpaired) electrons. The Labute approximate surface area is 200 Å². The second kappa shape index (κ2) is 9.38. The number of rotatable bonds is 7. The fourth-order valence-electron chi connectivity index (χ4n) is 4.70. The molecule has 33 heavy (non-hydrogen) atoms. The predicted octanol–water partition coefficient (Wildman–Crippen LogP) is 3.70. The Bertz CT molecular complexity index is 1270. The first kappa shape index (κ1) is 22.3. The summed E-state index contributed by atoms with van der Waals surface area (Å²) in [5.74, 6) is 3.55. The van der Waals surface area contributed by atoms with Gasteiger partial charge in [0.05, 0.1) is 25.4 Å². The molecule has 1 aromatic carbocycles. The zero-order valence-electron chi connectivity index (χ0n) is 18.9. The molecule has 1 amide bonds. The van der Waals surface area contributed by atoms with E-state index in [-0.39, 0.29) is 11.5 Å². The maximum Gasteiger partial charge on any atom is 0.259 e. The van der Waals surface area contributed by atoms with Crippen LogP contribution < -0.4 is 15.0 Å². The lowest BCUT2D eigenvalue weighted by atomic mass is 9.98. The fourth-order valence-corrected chi connectivity index (χ4v) is 6.77. The summed E-state index contributed by atoms with van der Waals surface area (Å²) in [4.78, 5) is 37.1. The number of nitrogens with one attached hydrogen (secondary N) is 1. The zero-order chi connectivity index (χ0) is 22.9. The van der Waals surface area contributed by atoms with Crippen LogP contribution >= 0.6 is 23.1 Å². The van der Waals surface area contributed by atoms with E-state index in [0.717, 1.165) is 47.2 Å². The highest BCUT2D eigenvalue weighted by Gasteiger charge is 2.23. The molecule has 0 saturated heterocycles. The largest absolute Gasteiger partial charge is 0.493 e. The van der Waals surface area contributed by atoms with Gasteiger partial charge in [-0.05, 0) is 54.5 Å². The van der Waals surface area contributed by atoms with Crippen molar-refractivity contribution < 1.29 is 14.3 Å². The van der Waals surface area contributed by atoms with Crippen LogP contribution in [0.5, 0.6) is 11.5 Å². The number of H-pyrrole nitrogens is 1. The first-order chi connectivity index (χ1) is 16.1. The first-order valence-electron chi connectivity index (χ1n) is 11.2. The summed E-state index contributed by atoms with van der Waals surface area (Å²) in [5, 5.41) is 0.788. The first-order valence-corrected chi connectivity index (χ1v) is 13.2. The van der Waals surface area contributed by atoms with Crippen LogP contribution in [0, 0.1) is 0 Å². The van der Waals surface area contributed by atoms with Gasteiger partial charge >= 0.3 is 0 Å². The molecule has 3 heterocycles. The third kappa shape index (κ3) is 4.36. The van der Waals surface area contributed by atoms with Gasteiger partial charge in [-0.2, -0.15) is 11.8 Å². The minimum Gasteiger partial charge on any atom is -0.493 e. The minimum atomic E-state index is -0.0230. The van der Waals surface area contributed by atoms with Crippen LogP contribution in [0.15, 0.2) is 16.9 Å². The van der Waals surface area contributed by atoms with Crippen molar-refractivity contribution in [1.82, 2.24) is 14.9 Å². The highest BCUT2D eigenvalue weighted by atomic mass is 32.2. The quantitative estimate of drug-likeness (QED) is 0.514. The maximum absolute atomic E-state index is 12.8. The van der Waals surface area contributed by atoms with Gasteiger partial charge in [0.2, 0.25) is 5.91 Å². The van der Waals surface area contributed by atoms with E-state index >= 15 is 0 Å². The molecular weight excluding hydrogens is 458 g/mol. The molecule has 9 heteroatoms. The second-order valence-electron chi connectivity index (χ2n) is 8.39. The number of aromatic nitrogens is 2. The van der Waals surface area contributed by atoms with E-state index in [4.69, 9.17) is 9.47 Å². The third-order valence-electron chi connectivity index (χ3n) is 6.39. The lowest BCUT2D eigenvalue weighted by Gasteiger charge is -2.29. The van der Waals surface area contributed by atoms with E-state index in [9.17, 15) is 9.59 Å². The van der Waals surface area contributed by atoms with E-state index in [1.165, 1.54) is 16.0 Å². The summed E-state index contributed by atoms with van der Waals surface area (Å²) in [6.45, 7) is 1.30. The van der Waals surface area contributed by atoms with Crippen LogP contribution in [0.2, 0.25) is 0 Å². The molecule has 0 spiro atoms. The number of fused-ring (bicyclic) bond motifs is 4. The molecule has 1 aliphatic heterocycles. The lowest BCUT2D eigenvalue weighted by Crippen LogP contribution is -2.36. The number of carbonyl (C=O) groups excluding carboxylic acids is 1. The predicted molar refractivity (Wildman–Crippen MR) is 132 cm³/mol. The standard InChI is InChI=1S/C24H27N3O4S2/c1-30-17-10-14-6-8-27(12-15(14)11-18(17)31-2)21(28)7-9-32-13-20-25-23(29)22-16-4-3-5-19(16)33-24(22)26-20/h10-11H,3-9,12-13H2,1-2H3,(H,25,26,29). The Hall–Kier alpha value is -2.52. The number of benzene rings is 1. The Balaban J connectivity index is 1.16. The Morgan fingerprint density at radius 1 is 1.18 bits per heavy atom. The Morgan fingerprint density at radius 2 is 1.97 bits per heavy atom. The molecule has 174 valence electrons. The van der Waals surface area contributed by atoms with Crippen LogP contribution in [-0.4, -0.2) is 47.3 Å². The molecular formula is C24H27N3O4S2. The van der Waals surface area contributed by atoms with Gasteiger partial charge in [-0.25, -0.2) is 4.98 Å². The van der Waals surface area contributed by atoms with Gasteiger partial charge in [-0.1, -0.05) is 0 Å². The van der Waals surface area contributed by atoms with Gasteiger partial charge in [-0.3, -0.25) is 9.59 Å². The summed E-state index contributed by atoms with van der Waals surface area (Å²) in [5.41, 5.74) is 3.49. The average molecular weight is 486 g/mol. The lowest BCUT2D eigenvalue weighted by molar-refractivity contribution is -0.131. The van der Waals surface area contributed by atoms with Crippen LogP contribution in [0.4, 0.5) is 0 Å². The molecule has 0 saturated carbocycles. The van der Waals surface area contributed by atoms with Gasteiger partial charge in [0.1, 0.15) is 10.7 Å². The summed E-state index contributed by atoms with van der Waals surface area (Å²) < 4.78 is 10.8. The van der Waals surface area contributed by atoms with Gasteiger partial charge in [0.25, 0.3) is 5.56 Å². The van der Waals surface area contributed by atoms with Gasteiger partial charge in [-0.15, -0.1) is 11.3 Å². The summed E-state index contributed by atoms with van der Waals surface area (Å²) in [6, 6.07) is 3.99. The smallest absolute Gasteiger partial charge is 0.259 e. The van der Waals surface area contributed by atoms with Crippen LogP contribution in [0.25, 0.3) is 10.2 Å². The van der Waals surface area contributed by atoms with Gasteiger partial charge in [0, 0.05) is 30.1 Å². The Kier molecular flexibility index (Phi) is 6.34. The van der Waals surface area contributed by atoms with Gasteiger partial charge < -0.3 is 19.4 Å². The number of carbonyl (C=O) groups is 1. The number of nitrogens with zero attached hydrogens (tertiary/aromatic N) is 2. The number of aryl methyl sites for hydroxylation is 2. The molecule has 5 rings (SSSR count). The minimum absolute atomic E-state index is 0.0230. The van der Waals surface area contributed by atoms with Crippen molar-refractivity contribution in [1.29, 1.82) is 0 Å². The number of hydrogen-bond donors (Lipinski definition) is 1. The number of ether oxygens (including phenoxy) is 2.